The molecule has 2 N–H and O–H groups in total. The molecule has 0 unspecified atom stereocenters. The Balaban J connectivity index is 1.39. The predicted octanol–water partition coefficient (Wildman–Crippen LogP) is 1.34. The fourth-order valence-electron chi connectivity index (χ4n) is 4.51. The van der Waals surface area contributed by atoms with E-state index in [4.69, 9.17) is 10.2 Å². The number of carbonyl (C=O) groups excluding carboxylic acids is 2. The molecule has 3 aromatic heterocycles. The van der Waals surface area contributed by atoms with Gasteiger partial charge in [0.25, 0.3) is 5.91 Å². The molecule has 1 fully saturated rings. The molecule has 0 bridgehead atoms. The lowest BCUT2D eigenvalue weighted by Gasteiger charge is -2.37. The summed E-state index contributed by atoms with van der Waals surface area (Å²) in [5.41, 5.74) is 5.17. The number of fused-ring (bicyclic) bond motifs is 2. The second-order valence-corrected chi connectivity index (χ2v) is 8.52. The van der Waals surface area contributed by atoms with Crippen molar-refractivity contribution in [1.82, 2.24) is 34.9 Å². The Hall–Kier alpha value is -3.74. The van der Waals surface area contributed by atoms with Crippen LogP contribution in [0.2, 0.25) is 0 Å². The standard InChI is InChI=1S/C22H24N8O2/c1-12(22(32)30-10-13(7-23)11-30)26-21(31)15-8-24-20-19(15)27-16(9-25-20)18-14-5-3-4-6-17(14)29(2)28-18/h8-9,12-13H,3-6,10-11H2,1-2H3,(H,24,25)(H,26,31)/t12-/m1/s1. The van der Waals surface area contributed by atoms with Crippen LogP contribution in [0.3, 0.4) is 0 Å². The molecule has 0 aromatic carbocycles. The van der Waals surface area contributed by atoms with Gasteiger partial charge in [-0.2, -0.15) is 10.4 Å². The molecule has 10 nitrogen and oxygen atoms in total. The van der Waals surface area contributed by atoms with Gasteiger partial charge in [0.2, 0.25) is 5.91 Å². The Morgan fingerprint density at radius 3 is 2.88 bits per heavy atom. The lowest BCUT2D eigenvalue weighted by atomic mass is 9.95. The molecule has 1 aliphatic heterocycles. The van der Waals surface area contributed by atoms with Crippen LogP contribution in [-0.2, 0) is 24.7 Å². The third-order valence-corrected chi connectivity index (χ3v) is 6.33. The maximum absolute atomic E-state index is 12.9. The summed E-state index contributed by atoms with van der Waals surface area (Å²) in [5, 5.41) is 16.3. The van der Waals surface area contributed by atoms with Crippen LogP contribution >= 0.6 is 0 Å². The first-order valence-corrected chi connectivity index (χ1v) is 10.8. The number of amides is 2. The SMILES string of the molecule is C[C@@H](NC(=O)c1c[nH]c2ncc(-c3nn(C)c4c3CCCC4)nc12)C(=O)N1CC(C#N)C1. The van der Waals surface area contributed by atoms with Crippen molar-refractivity contribution in [3.63, 3.8) is 0 Å². The van der Waals surface area contributed by atoms with Gasteiger partial charge in [-0.1, -0.05) is 0 Å². The lowest BCUT2D eigenvalue weighted by Crippen LogP contribution is -2.55. The Morgan fingerprint density at radius 1 is 1.31 bits per heavy atom. The molecule has 4 heterocycles. The summed E-state index contributed by atoms with van der Waals surface area (Å²) in [7, 11) is 1.95. The van der Waals surface area contributed by atoms with Crippen LogP contribution < -0.4 is 5.32 Å². The maximum Gasteiger partial charge on any atom is 0.255 e. The van der Waals surface area contributed by atoms with E-state index in [2.05, 4.69) is 26.5 Å². The van der Waals surface area contributed by atoms with Crippen molar-refractivity contribution in [2.75, 3.05) is 13.1 Å². The van der Waals surface area contributed by atoms with Gasteiger partial charge >= 0.3 is 0 Å². The minimum Gasteiger partial charge on any atom is -0.344 e. The Kier molecular flexibility index (Phi) is 4.89. The minimum atomic E-state index is -0.703. The van der Waals surface area contributed by atoms with Crippen molar-refractivity contribution in [3.05, 3.63) is 29.2 Å². The summed E-state index contributed by atoms with van der Waals surface area (Å²) in [6, 6.07) is 1.44. The van der Waals surface area contributed by atoms with Crippen LogP contribution in [0, 0.1) is 17.2 Å². The number of aromatic nitrogens is 5. The van der Waals surface area contributed by atoms with E-state index in [9.17, 15) is 9.59 Å². The van der Waals surface area contributed by atoms with Gasteiger partial charge in [0.15, 0.2) is 5.65 Å². The predicted molar refractivity (Wildman–Crippen MR) is 115 cm³/mol. The first kappa shape index (κ1) is 20.2. The highest BCUT2D eigenvalue weighted by molar-refractivity contribution is 6.06. The highest BCUT2D eigenvalue weighted by atomic mass is 16.2. The number of likely N-dealkylation sites (tertiary alicyclic amines) is 1. The van der Waals surface area contributed by atoms with Crippen molar-refractivity contribution in [2.45, 2.75) is 38.6 Å². The molecule has 32 heavy (non-hydrogen) atoms. The van der Waals surface area contributed by atoms with E-state index >= 15 is 0 Å². The van der Waals surface area contributed by atoms with E-state index in [0.29, 0.717) is 35.5 Å². The topological polar surface area (TPSA) is 133 Å². The summed E-state index contributed by atoms with van der Waals surface area (Å²) in [6.45, 7) is 2.46. The van der Waals surface area contributed by atoms with Gasteiger partial charge in [-0.05, 0) is 32.6 Å². The van der Waals surface area contributed by atoms with Crippen LogP contribution in [0.4, 0.5) is 0 Å². The van der Waals surface area contributed by atoms with Crippen molar-refractivity contribution >= 4 is 23.0 Å². The number of hydrogen-bond donors (Lipinski definition) is 2. The molecule has 3 aromatic rings. The quantitative estimate of drug-likeness (QED) is 0.639. The van der Waals surface area contributed by atoms with Gasteiger partial charge in [0.1, 0.15) is 22.9 Å². The smallest absolute Gasteiger partial charge is 0.255 e. The third kappa shape index (κ3) is 3.30. The molecule has 0 radical (unpaired) electrons. The number of carbonyl (C=O) groups is 2. The van der Waals surface area contributed by atoms with Crippen LogP contribution in [0.15, 0.2) is 12.4 Å². The van der Waals surface area contributed by atoms with Crippen molar-refractivity contribution < 1.29 is 9.59 Å². The molecule has 0 spiro atoms. The summed E-state index contributed by atoms with van der Waals surface area (Å²) in [5.74, 6) is -0.720. The van der Waals surface area contributed by atoms with Gasteiger partial charge in [0.05, 0.1) is 23.7 Å². The molecular formula is C22H24N8O2. The maximum atomic E-state index is 12.9. The molecule has 2 amide bonds. The molecule has 1 atom stereocenters. The van der Waals surface area contributed by atoms with Crippen LogP contribution in [0.1, 0.15) is 41.4 Å². The number of aryl methyl sites for hydroxylation is 1. The average Bonchev–Trinajstić information content (AvgIpc) is 3.34. The van der Waals surface area contributed by atoms with E-state index in [1.807, 2.05) is 11.7 Å². The second kappa shape index (κ2) is 7.75. The number of hydrogen-bond acceptors (Lipinski definition) is 6. The van der Waals surface area contributed by atoms with E-state index in [-0.39, 0.29) is 11.8 Å². The number of H-pyrrole nitrogens is 1. The molecule has 0 saturated carbocycles. The number of nitriles is 1. The molecule has 1 aliphatic carbocycles. The molecule has 1 saturated heterocycles. The van der Waals surface area contributed by atoms with Crippen LogP contribution in [0.5, 0.6) is 0 Å². The summed E-state index contributed by atoms with van der Waals surface area (Å²) in [6.07, 6.45) is 7.48. The largest absolute Gasteiger partial charge is 0.344 e. The van der Waals surface area contributed by atoms with Crippen molar-refractivity contribution in [2.24, 2.45) is 13.0 Å². The zero-order chi connectivity index (χ0) is 22.4. The molecule has 5 rings (SSSR count). The first-order valence-electron chi connectivity index (χ1n) is 10.8. The third-order valence-electron chi connectivity index (χ3n) is 6.33. The van der Waals surface area contributed by atoms with Gasteiger partial charge in [-0.25, -0.2) is 9.97 Å². The normalized spacial score (nSPS) is 16.8. The molecule has 10 heteroatoms. The fourth-order valence-corrected chi connectivity index (χ4v) is 4.51. The summed E-state index contributed by atoms with van der Waals surface area (Å²) >= 11 is 0. The highest BCUT2D eigenvalue weighted by Gasteiger charge is 2.33. The van der Waals surface area contributed by atoms with E-state index in [1.54, 1.807) is 24.2 Å². The monoisotopic (exact) mass is 432 g/mol. The number of nitrogens with one attached hydrogen (secondary N) is 2. The van der Waals surface area contributed by atoms with E-state index in [1.165, 1.54) is 11.3 Å². The lowest BCUT2D eigenvalue weighted by molar-refractivity contribution is -0.137. The second-order valence-electron chi connectivity index (χ2n) is 8.52. The molecule has 164 valence electrons. The van der Waals surface area contributed by atoms with Gasteiger partial charge in [-0.3, -0.25) is 14.3 Å². The summed E-state index contributed by atoms with van der Waals surface area (Å²) in [4.78, 5) is 39.2. The number of rotatable bonds is 4. The van der Waals surface area contributed by atoms with Crippen LogP contribution in [0.25, 0.3) is 22.6 Å². The van der Waals surface area contributed by atoms with Crippen LogP contribution in [-0.4, -0.2) is 60.6 Å². The van der Waals surface area contributed by atoms with Crippen molar-refractivity contribution in [1.29, 1.82) is 5.26 Å². The summed E-state index contributed by atoms with van der Waals surface area (Å²) < 4.78 is 1.92. The zero-order valence-corrected chi connectivity index (χ0v) is 18.1. The van der Waals surface area contributed by atoms with Gasteiger partial charge < -0.3 is 15.2 Å². The number of aromatic amines is 1. The Morgan fingerprint density at radius 2 is 2.09 bits per heavy atom. The van der Waals surface area contributed by atoms with Gasteiger partial charge in [0, 0.05) is 37.6 Å². The zero-order valence-electron chi connectivity index (χ0n) is 18.1. The van der Waals surface area contributed by atoms with Gasteiger partial charge in [-0.15, -0.1) is 0 Å². The number of nitrogens with zero attached hydrogens (tertiary/aromatic N) is 6. The average molecular weight is 432 g/mol. The Labute approximate surface area is 184 Å². The van der Waals surface area contributed by atoms with E-state index < -0.39 is 11.9 Å². The minimum absolute atomic E-state index is 0.124. The van der Waals surface area contributed by atoms with Crippen molar-refractivity contribution in [3.8, 4) is 17.5 Å². The van der Waals surface area contributed by atoms with E-state index in [0.717, 1.165) is 31.4 Å². The Bertz CT molecular complexity index is 1260. The molecule has 2 aliphatic rings. The fraction of sp³-hybridized carbons (Fsp3) is 0.455. The molecular weight excluding hydrogens is 408 g/mol. The first-order chi connectivity index (χ1) is 15.5. The highest BCUT2D eigenvalue weighted by Crippen LogP contribution is 2.30.